The fourth-order valence-electron chi connectivity index (χ4n) is 2.46. The molecule has 9 heteroatoms. The number of nitrogens with one attached hydrogen (secondary N) is 2. The van der Waals surface area contributed by atoms with Crippen LogP contribution in [0.4, 0.5) is 5.82 Å². The van der Waals surface area contributed by atoms with E-state index < -0.39 is 17.4 Å². The lowest BCUT2D eigenvalue weighted by Gasteiger charge is -2.15. The minimum Gasteiger partial charge on any atom is -0.491 e. The van der Waals surface area contributed by atoms with Gasteiger partial charge in [-0.3, -0.25) is 13.9 Å². The standard InChI is InChI=1S/C18H23N5O4/c1-22-16(15(10-19)17(25)23(2)18(22)26)21-9-8-20-11-13(24)12-27-14-6-4-3-5-7-14/h3-7,13,20-21,24H,8-9,11-12H2,1-2H3. The molecule has 0 aliphatic heterocycles. The van der Waals surface area contributed by atoms with Crippen molar-refractivity contribution in [1.29, 1.82) is 5.26 Å². The van der Waals surface area contributed by atoms with Crippen LogP contribution in [0.1, 0.15) is 5.56 Å². The number of rotatable bonds is 9. The number of aliphatic hydroxyl groups is 1. The molecule has 27 heavy (non-hydrogen) atoms. The molecule has 0 radical (unpaired) electrons. The largest absolute Gasteiger partial charge is 0.491 e. The molecule has 2 aromatic rings. The normalized spacial score (nSPS) is 11.6. The van der Waals surface area contributed by atoms with E-state index in [9.17, 15) is 20.0 Å². The molecule has 1 aromatic carbocycles. The van der Waals surface area contributed by atoms with Crippen LogP contribution < -0.4 is 26.6 Å². The molecular formula is C18H23N5O4. The summed E-state index contributed by atoms with van der Waals surface area (Å²) in [5, 5.41) is 25.1. The summed E-state index contributed by atoms with van der Waals surface area (Å²) < 4.78 is 7.58. The van der Waals surface area contributed by atoms with Gasteiger partial charge in [-0.2, -0.15) is 5.26 Å². The predicted octanol–water partition coefficient (Wildman–Crippen LogP) is -0.603. The van der Waals surface area contributed by atoms with Crippen LogP contribution >= 0.6 is 0 Å². The number of hydrogen-bond donors (Lipinski definition) is 3. The lowest BCUT2D eigenvalue weighted by atomic mass is 10.3. The first-order valence-corrected chi connectivity index (χ1v) is 8.46. The number of anilines is 1. The minimum atomic E-state index is -0.687. The molecule has 0 amide bonds. The van der Waals surface area contributed by atoms with E-state index in [0.717, 1.165) is 4.57 Å². The van der Waals surface area contributed by atoms with Crippen LogP contribution in [0.2, 0.25) is 0 Å². The van der Waals surface area contributed by atoms with Crippen LogP contribution in [0.25, 0.3) is 0 Å². The molecule has 1 heterocycles. The minimum absolute atomic E-state index is 0.115. The molecule has 1 atom stereocenters. The van der Waals surface area contributed by atoms with E-state index in [1.807, 2.05) is 36.4 Å². The van der Waals surface area contributed by atoms with Gasteiger partial charge in [0.05, 0.1) is 0 Å². The van der Waals surface area contributed by atoms with Gasteiger partial charge in [0.15, 0.2) is 5.56 Å². The molecule has 1 unspecified atom stereocenters. The number of aromatic nitrogens is 2. The third-order valence-corrected chi connectivity index (χ3v) is 3.94. The molecule has 144 valence electrons. The number of benzene rings is 1. The van der Waals surface area contributed by atoms with E-state index in [1.165, 1.54) is 18.7 Å². The smallest absolute Gasteiger partial charge is 0.332 e. The molecule has 0 spiro atoms. The van der Waals surface area contributed by atoms with Crippen molar-refractivity contribution in [3.8, 4) is 11.8 Å². The number of aliphatic hydroxyl groups excluding tert-OH is 1. The number of hydrogen-bond acceptors (Lipinski definition) is 7. The quantitative estimate of drug-likeness (QED) is 0.502. The Morgan fingerprint density at radius 2 is 1.89 bits per heavy atom. The van der Waals surface area contributed by atoms with Crippen molar-refractivity contribution in [3.63, 3.8) is 0 Å². The Labute approximate surface area is 156 Å². The van der Waals surface area contributed by atoms with Crippen molar-refractivity contribution in [2.45, 2.75) is 6.10 Å². The molecule has 0 aliphatic carbocycles. The fourth-order valence-corrected chi connectivity index (χ4v) is 2.46. The second-order valence-corrected chi connectivity index (χ2v) is 5.95. The summed E-state index contributed by atoms with van der Waals surface area (Å²) in [6.07, 6.45) is -0.687. The maximum absolute atomic E-state index is 12.0. The topological polar surface area (TPSA) is 121 Å². The van der Waals surface area contributed by atoms with E-state index in [0.29, 0.717) is 25.4 Å². The second-order valence-electron chi connectivity index (χ2n) is 5.95. The van der Waals surface area contributed by atoms with Crippen molar-refractivity contribution in [2.24, 2.45) is 14.1 Å². The monoisotopic (exact) mass is 373 g/mol. The number of nitrogens with zero attached hydrogens (tertiary/aromatic N) is 3. The SMILES string of the molecule is Cn1c(NCCNCC(O)COc2ccccc2)c(C#N)c(=O)n(C)c1=O. The van der Waals surface area contributed by atoms with Crippen LogP contribution in [0, 0.1) is 11.3 Å². The summed E-state index contributed by atoms with van der Waals surface area (Å²) in [6.45, 7) is 1.29. The van der Waals surface area contributed by atoms with Crippen LogP contribution in [0.3, 0.4) is 0 Å². The summed E-state index contributed by atoms with van der Waals surface area (Å²) >= 11 is 0. The lowest BCUT2D eigenvalue weighted by molar-refractivity contribution is 0.107. The van der Waals surface area contributed by atoms with Gasteiger partial charge in [0.2, 0.25) is 0 Å². The van der Waals surface area contributed by atoms with E-state index >= 15 is 0 Å². The molecule has 0 fully saturated rings. The number of nitriles is 1. The zero-order valence-corrected chi connectivity index (χ0v) is 15.3. The molecule has 0 aliphatic rings. The second kappa shape index (κ2) is 9.56. The Bertz CT molecular complexity index is 914. The molecule has 9 nitrogen and oxygen atoms in total. The first kappa shape index (κ1) is 20.2. The third-order valence-electron chi connectivity index (χ3n) is 3.94. The molecule has 2 rings (SSSR count). The van der Waals surface area contributed by atoms with Gasteiger partial charge in [-0.05, 0) is 12.1 Å². The Morgan fingerprint density at radius 1 is 1.19 bits per heavy atom. The van der Waals surface area contributed by atoms with Gasteiger partial charge in [0, 0.05) is 33.7 Å². The van der Waals surface area contributed by atoms with E-state index in [4.69, 9.17) is 4.74 Å². The first-order chi connectivity index (χ1) is 13.0. The Kier molecular flexibility index (Phi) is 7.16. The average Bonchev–Trinajstić information content (AvgIpc) is 2.69. The van der Waals surface area contributed by atoms with E-state index in [1.54, 1.807) is 0 Å². The molecule has 0 saturated carbocycles. The molecule has 0 bridgehead atoms. The van der Waals surface area contributed by atoms with Crippen molar-refractivity contribution in [1.82, 2.24) is 14.5 Å². The summed E-state index contributed by atoms with van der Waals surface area (Å²) in [4.78, 5) is 23.9. The molecular weight excluding hydrogens is 350 g/mol. The Balaban J connectivity index is 1.80. The predicted molar refractivity (Wildman–Crippen MR) is 101 cm³/mol. The lowest BCUT2D eigenvalue weighted by Crippen LogP contribution is -2.40. The zero-order valence-electron chi connectivity index (χ0n) is 15.3. The first-order valence-electron chi connectivity index (χ1n) is 8.46. The number of para-hydroxylation sites is 1. The molecule has 0 saturated heterocycles. The van der Waals surface area contributed by atoms with Gasteiger partial charge in [0.1, 0.15) is 30.3 Å². The van der Waals surface area contributed by atoms with Gasteiger partial charge in [-0.1, -0.05) is 18.2 Å². The van der Waals surface area contributed by atoms with Gasteiger partial charge in [0.25, 0.3) is 5.56 Å². The van der Waals surface area contributed by atoms with Crippen molar-refractivity contribution in [3.05, 3.63) is 56.7 Å². The highest BCUT2D eigenvalue weighted by molar-refractivity contribution is 5.51. The van der Waals surface area contributed by atoms with Crippen LogP contribution in [-0.2, 0) is 14.1 Å². The van der Waals surface area contributed by atoms with Gasteiger partial charge in [-0.15, -0.1) is 0 Å². The Morgan fingerprint density at radius 3 is 2.56 bits per heavy atom. The summed E-state index contributed by atoms with van der Waals surface area (Å²) in [5.41, 5.74) is -1.26. The molecule has 3 N–H and O–H groups in total. The highest BCUT2D eigenvalue weighted by Crippen LogP contribution is 2.08. The third kappa shape index (κ3) is 5.20. The van der Waals surface area contributed by atoms with Gasteiger partial charge in [-0.25, -0.2) is 4.79 Å². The summed E-state index contributed by atoms with van der Waals surface area (Å²) in [7, 11) is 2.82. The van der Waals surface area contributed by atoms with Crippen LogP contribution in [0.5, 0.6) is 5.75 Å². The van der Waals surface area contributed by atoms with E-state index in [-0.39, 0.29) is 18.0 Å². The van der Waals surface area contributed by atoms with Crippen molar-refractivity contribution >= 4 is 5.82 Å². The summed E-state index contributed by atoms with van der Waals surface area (Å²) in [5.74, 6) is 0.870. The van der Waals surface area contributed by atoms with E-state index in [2.05, 4.69) is 10.6 Å². The Hall–Kier alpha value is -3.09. The molecule has 1 aromatic heterocycles. The fraction of sp³-hybridized carbons (Fsp3) is 0.389. The zero-order chi connectivity index (χ0) is 19.8. The maximum atomic E-state index is 12.0. The highest BCUT2D eigenvalue weighted by Gasteiger charge is 2.14. The van der Waals surface area contributed by atoms with Crippen LogP contribution in [0.15, 0.2) is 39.9 Å². The maximum Gasteiger partial charge on any atom is 0.332 e. The van der Waals surface area contributed by atoms with Crippen molar-refractivity contribution < 1.29 is 9.84 Å². The van der Waals surface area contributed by atoms with Crippen LogP contribution in [-0.4, -0.2) is 46.6 Å². The number of ether oxygens (including phenoxy) is 1. The van der Waals surface area contributed by atoms with Gasteiger partial charge < -0.3 is 20.5 Å². The highest BCUT2D eigenvalue weighted by atomic mass is 16.5. The van der Waals surface area contributed by atoms with Gasteiger partial charge >= 0.3 is 5.69 Å². The van der Waals surface area contributed by atoms with Crippen molar-refractivity contribution in [2.75, 3.05) is 31.6 Å². The summed E-state index contributed by atoms with van der Waals surface area (Å²) in [6, 6.07) is 11.0. The average molecular weight is 373 g/mol.